The summed E-state index contributed by atoms with van der Waals surface area (Å²) in [6.45, 7) is 4.09. The second kappa shape index (κ2) is 8.05. The van der Waals surface area contributed by atoms with Gasteiger partial charge in [-0.3, -0.25) is 4.79 Å². The normalized spacial score (nSPS) is 24.1. The number of nitrogens with one attached hydrogen (secondary N) is 1. The summed E-state index contributed by atoms with van der Waals surface area (Å²) in [4.78, 5) is 28.9. The fourth-order valence-electron chi connectivity index (χ4n) is 4.71. The molecular formula is C24H29NO4. The van der Waals surface area contributed by atoms with E-state index in [9.17, 15) is 9.59 Å². The van der Waals surface area contributed by atoms with Crippen LogP contribution in [0.5, 0.6) is 5.75 Å². The van der Waals surface area contributed by atoms with Crippen LogP contribution < -0.4 is 4.74 Å². The lowest BCUT2D eigenvalue weighted by molar-refractivity contribution is 0.0167. The Hall–Kier alpha value is -2.56. The van der Waals surface area contributed by atoms with E-state index in [4.69, 9.17) is 9.47 Å². The van der Waals surface area contributed by atoms with Crippen molar-refractivity contribution in [3.8, 4) is 5.75 Å². The van der Waals surface area contributed by atoms with Crippen LogP contribution in [0.4, 0.5) is 0 Å². The van der Waals surface area contributed by atoms with Crippen LogP contribution in [0.15, 0.2) is 24.3 Å². The number of esters is 1. The van der Waals surface area contributed by atoms with Gasteiger partial charge in [0.1, 0.15) is 17.5 Å². The van der Waals surface area contributed by atoms with Gasteiger partial charge in [0, 0.05) is 17.7 Å². The Labute approximate surface area is 171 Å². The molecule has 0 saturated heterocycles. The van der Waals surface area contributed by atoms with Crippen molar-refractivity contribution in [3.05, 3.63) is 52.3 Å². The molecule has 0 spiro atoms. The third-order valence-corrected chi connectivity index (χ3v) is 6.52. The van der Waals surface area contributed by atoms with Crippen LogP contribution in [0, 0.1) is 12.8 Å². The van der Waals surface area contributed by atoms with Crippen LogP contribution in [0.2, 0.25) is 0 Å². The lowest BCUT2D eigenvalue weighted by atomic mass is 9.81. The monoisotopic (exact) mass is 395 g/mol. The molecule has 0 amide bonds. The SMILES string of the molecule is COc1ccc(C2CC(=O)c3c([nH]c(C(=O)OC4CCC(C)CC4)c3C)C2)cc1. The average Bonchev–Trinajstić information content (AvgIpc) is 3.07. The summed E-state index contributed by atoms with van der Waals surface area (Å²) in [5.41, 5.74) is 3.81. The number of ketones is 1. The van der Waals surface area contributed by atoms with Crippen molar-refractivity contribution >= 4 is 11.8 Å². The maximum atomic E-state index is 12.9. The molecule has 1 aromatic carbocycles. The zero-order valence-electron chi connectivity index (χ0n) is 17.4. The first-order valence-corrected chi connectivity index (χ1v) is 10.6. The molecule has 29 heavy (non-hydrogen) atoms. The summed E-state index contributed by atoms with van der Waals surface area (Å²) in [5, 5.41) is 0. The van der Waals surface area contributed by atoms with Crippen molar-refractivity contribution in [1.29, 1.82) is 0 Å². The zero-order chi connectivity index (χ0) is 20.5. The summed E-state index contributed by atoms with van der Waals surface area (Å²) in [6.07, 6.45) is 5.19. The van der Waals surface area contributed by atoms with Crippen LogP contribution in [0.3, 0.4) is 0 Å². The fraction of sp³-hybridized carbons (Fsp3) is 0.500. The molecule has 4 rings (SSSR count). The van der Waals surface area contributed by atoms with E-state index in [-0.39, 0.29) is 23.8 Å². The van der Waals surface area contributed by atoms with E-state index < -0.39 is 0 Å². The maximum absolute atomic E-state index is 12.9. The molecule has 1 atom stereocenters. The van der Waals surface area contributed by atoms with E-state index in [1.165, 1.54) is 0 Å². The van der Waals surface area contributed by atoms with E-state index in [1.54, 1.807) is 7.11 Å². The molecule has 1 aromatic heterocycles. The Kier molecular flexibility index (Phi) is 5.48. The molecule has 154 valence electrons. The molecule has 1 N–H and O–H groups in total. The summed E-state index contributed by atoms with van der Waals surface area (Å²) in [6, 6.07) is 7.86. The second-order valence-corrected chi connectivity index (χ2v) is 8.57. The van der Waals surface area contributed by atoms with E-state index in [1.807, 2.05) is 31.2 Å². The molecule has 1 fully saturated rings. The molecule has 1 unspecified atom stereocenters. The van der Waals surface area contributed by atoms with Crippen molar-refractivity contribution in [2.24, 2.45) is 5.92 Å². The van der Waals surface area contributed by atoms with Gasteiger partial charge in [-0.05, 0) is 74.1 Å². The molecule has 2 aliphatic carbocycles. The third kappa shape index (κ3) is 3.96. The number of hydrogen-bond acceptors (Lipinski definition) is 4. The van der Waals surface area contributed by atoms with Crippen molar-refractivity contribution < 1.29 is 19.1 Å². The van der Waals surface area contributed by atoms with Gasteiger partial charge in [-0.1, -0.05) is 19.1 Å². The lowest BCUT2D eigenvalue weighted by Gasteiger charge is -2.25. The van der Waals surface area contributed by atoms with E-state index in [2.05, 4.69) is 11.9 Å². The number of carbonyl (C=O) groups excluding carboxylic acids is 2. The number of methoxy groups -OCH3 is 1. The van der Waals surface area contributed by atoms with Crippen LogP contribution >= 0.6 is 0 Å². The first kappa shape index (κ1) is 19.7. The van der Waals surface area contributed by atoms with Crippen LogP contribution in [0.25, 0.3) is 0 Å². The highest BCUT2D eigenvalue weighted by atomic mass is 16.5. The van der Waals surface area contributed by atoms with Crippen LogP contribution in [-0.2, 0) is 11.2 Å². The van der Waals surface area contributed by atoms with Gasteiger partial charge in [-0.25, -0.2) is 4.79 Å². The number of H-pyrrole nitrogens is 1. The summed E-state index contributed by atoms with van der Waals surface area (Å²) in [5.74, 6) is 1.37. The highest BCUT2D eigenvalue weighted by Gasteiger charge is 2.33. The number of fused-ring (bicyclic) bond motifs is 1. The number of hydrogen-bond donors (Lipinski definition) is 1. The minimum atomic E-state index is -0.328. The Bertz CT molecular complexity index is 904. The third-order valence-electron chi connectivity index (χ3n) is 6.52. The minimum absolute atomic E-state index is 0.0128. The quantitative estimate of drug-likeness (QED) is 0.742. The highest BCUT2D eigenvalue weighted by Crippen LogP contribution is 2.36. The standard InChI is InChI=1S/C24H29NO4/c1-14-4-8-19(9-5-14)29-24(27)23-15(2)22-20(25-23)12-17(13-21(22)26)16-6-10-18(28-3)11-7-16/h6-7,10-11,14,17,19,25H,4-5,8-9,12-13H2,1-3H3. The van der Waals surface area contributed by atoms with Gasteiger partial charge in [-0.15, -0.1) is 0 Å². The molecule has 1 heterocycles. The Morgan fingerprint density at radius 1 is 1.07 bits per heavy atom. The molecular weight excluding hydrogens is 366 g/mol. The van der Waals surface area contributed by atoms with E-state index in [0.717, 1.165) is 48.3 Å². The van der Waals surface area contributed by atoms with Gasteiger partial charge in [0.2, 0.25) is 0 Å². The first-order valence-electron chi connectivity index (χ1n) is 10.6. The topological polar surface area (TPSA) is 68.4 Å². The minimum Gasteiger partial charge on any atom is -0.497 e. The molecule has 1 saturated carbocycles. The number of rotatable bonds is 4. The zero-order valence-corrected chi connectivity index (χ0v) is 17.4. The van der Waals surface area contributed by atoms with Crippen LogP contribution in [0.1, 0.15) is 82.6 Å². The molecule has 2 aliphatic rings. The van der Waals surface area contributed by atoms with Gasteiger partial charge in [-0.2, -0.15) is 0 Å². The smallest absolute Gasteiger partial charge is 0.355 e. The number of carbonyl (C=O) groups is 2. The maximum Gasteiger partial charge on any atom is 0.355 e. The van der Waals surface area contributed by atoms with Gasteiger partial charge in [0.05, 0.1) is 7.11 Å². The fourth-order valence-corrected chi connectivity index (χ4v) is 4.71. The number of Topliss-reactive ketones (excluding diaryl/α,β-unsaturated/α-hetero) is 1. The van der Waals surface area contributed by atoms with Crippen LogP contribution in [-0.4, -0.2) is 30.0 Å². The molecule has 5 heteroatoms. The molecule has 0 radical (unpaired) electrons. The molecule has 0 bridgehead atoms. The Balaban J connectivity index is 1.52. The van der Waals surface area contributed by atoms with Crippen molar-refractivity contribution in [1.82, 2.24) is 4.98 Å². The van der Waals surface area contributed by atoms with Gasteiger partial charge in [0.15, 0.2) is 5.78 Å². The first-order chi connectivity index (χ1) is 14.0. The molecule has 5 nitrogen and oxygen atoms in total. The van der Waals surface area contributed by atoms with Crippen molar-refractivity contribution in [3.63, 3.8) is 0 Å². The van der Waals surface area contributed by atoms with Gasteiger partial charge >= 0.3 is 5.97 Å². The largest absolute Gasteiger partial charge is 0.497 e. The number of aromatic nitrogens is 1. The Morgan fingerprint density at radius 2 is 1.76 bits per heavy atom. The van der Waals surface area contributed by atoms with E-state index >= 15 is 0 Å². The second-order valence-electron chi connectivity index (χ2n) is 8.57. The summed E-state index contributed by atoms with van der Waals surface area (Å²) < 4.78 is 11.0. The number of aromatic amines is 1. The molecule has 0 aliphatic heterocycles. The average molecular weight is 395 g/mol. The number of benzene rings is 1. The highest BCUT2D eigenvalue weighted by molar-refractivity contribution is 6.03. The predicted molar refractivity (Wildman–Crippen MR) is 111 cm³/mol. The number of ether oxygens (including phenoxy) is 2. The predicted octanol–water partition coefficient (Wildman–Crippen LogP) is 4.98. The summed E-state index contributed by atoms with van der Waals surface area (Å²) in [7, 11) is 1.64. The van der Waals surface area contributed by atoms with Gasteiger partial charge in [0.25, 0.3) is 0 Å². The van der Waals surface area contributed by atoms with Gasteiger partial charge < -0.3 is 14.5 Å². The Morgan fingerprint density at radius 3 is 2.41 bits per heavy atom. The summed E-state index contributed by atoms with van der Waals surface area (Å²) >= 11 is 0. The van der Waals surface area contributed by atoms with Crippen molar-refractivity contribution in [2.75, 3.05) is 7.11 Å². The lowest BCUT2D eigenvalue weighted by Crippen LogP contribution is -2.24. The molecule has 2 aromatic rings. The van der Waals surface area contributed by atoms with E-state index in [0.29, 0.717) is 30.0 Å². The van der Waals surface area contributed by atoms with Crippen molar-refractivity contribution in [2.45, 2.75) is 64.4 Å².